The number of hydrogen-bond donors (Lipinski definition) is 2. The van der Waals surface area contributed by atoms with Crippen molar-refractivity contribution in [2.45, 2.75) is 10.4 Å². The van der Waals surface area contributed by atoms with Gasteiger partial charge in [0.1, 0.15) is 0 Å². The molecule has 0 heterocycles. The van der Waals surface area contributed by atoms with Crippen molar-refractivity contribution in [1.29, 1.82) is 0 Å². The summed E-state index contributed by atoms with van der Waals surface area (Å²) in [6.07, 6.45) is 0. The molecule has 0 bridgehead atoms. The highest BCUT2D eigenvalue weighted by molar-refractivity contribution is 8.00. The van der Waals surface area contributed by atoms with Crippen LogP contribution < -0.4 is 0 Å². The fourth-order valence-corrected chi connectivity index (χ4v) is 1.27. The molecule has 0 saturated carbocycles. The summed E-state index contributed by atoms with van der Waals surface area (Å²) in [6.45, 7) is 0. The molecule has 1 aromatic carbocycles. The van der Waals surface area contributed by atoms with Gasteiger partial charge in [-0.25, -0.2) is 0 Å². The van der Waals surface area contributed by atoms with Crippen molar-refractivity contribution in [3.63, 3.8) is 0 Å². The molecule has 1 aromatic rings. The molecule has 0 radical (unpaired) electrons. The van der Waals surface area contributed by atoms with E-state index in [1.54, 1.807) is 0 Å². The average Bonchev–Trinajstić information content (AvgIpc) is 1.94. The fourth-order valence-electron chi connectivity index (χ4n) is 0.700. The molecule has 0 spiro atoms. The molecule has 2 nitrogen and oxygen atoms in total. The zero-order valence-electron chi connectivity index (χ0n) is 6.17. The molecule has 0 aliphatic rings. The summed E-state index contributed by atoms with van der Waals surface area (Å²) in [5, 5.41) is 17.7. The van der Waals surface area contributed by atoms with Gasteiger partial charge in [0.2, 0.25) is 0 Å². The van der Waals surface area contributed by atoms with Crippen molar-refractivity contribution in [3.8, 4) is 11.5 Å². The molecule has 0 amide bonds. The number of thioether (sulfide) groups is 1. The van der Waals surface area contributed by atoms with Gasteiger partial charge in [-0.05, 0) is 30.0 Å². The van der Waals surface area contributed by atoms with Crippen molar-refractivity contribution in [1.82, 2.24) is 0 Å². The summed E-state index contributed by atoms with van der Waals surface area (Å²) in [7, 11) is 0. The Labute approximate surface area is 76.0 Å². The van der Waals surface area contributed by atoms with Crippen molar-refractivity contribution >= 4 is 11.8 Å². The molecule has 0 saturated heterocycles. The minimum Gasteiger partial charge on any atom is -0.504 e. The maximum absolute atomic E-state index is 11.8. The molecule has 0 aliphatic heterocycles. The third-order valence-corrected chi connectivity index (χ3v) is 1.90. The quantitative estimate of drug-likeness (QED) is 0.553. The van der Waals surface area contributed by atoms with Crippen LogP contribution in [0.4, 0.5) is 13.2 Å². The van der Waals surface area contributed by atoms with Crippen LogP contribution in [0, 0.1) is 0 Å². The highest BCUT2D eigenvalue weighted by Crippen LogP contribution is 2.39. The predicted octanol–water partition coefficient (Wildman–Crippen LogP) is 2.71. The van der Waals surface area contributed by atoms with Gasteiger partial charge in [0.25, 0.3) is 0 Å². The Morgan fingerprint density at radius 1 is 1.08 bits per heavy atom. The first kappa shape index (κ1) is 10.0. The number of hydrogen-bond acceptors (Lipinski definition) is 3. The van der Waals surface area contributed by atoms with Crippen molar-refractivity contribution in [2.24, 2.45) is 0 Å². The summed E-state index contributed by atoms with van der Waals surface area (Å²) in [6, 6.07) is 2.93. The van der Waals surface area contributed by atoms with Crippen LogP contribution in [0.2, 0.25) is 0 Å². The molecule has 0 fully saturated rings. The molecular formula is C7H5F3O2S. The number of phenolic OH excluding ortho intramolecular Hbond substituents is 2. The average molecular weight is 210 g/mol. The fraction of sp³-hybridized carbons (Fsp3) is 0.143. The van der Waals surface area contributed by atoms with E-state index in [1.807, 2.05) is 0 Å². The normalized spacial score (nSPS) is 11.6. The second-order valence-corrected chi connectivity index (χ2v) is 3.34. The van der Waals surface area contributed by atoms with E-state index >= 15 is 0 Å². The Kier molecular flexibility index (Phi) is 2.60. The van der Waals surface area contributed by atoms with Gasteiger partial charge < -0.3 is 10.2 Å². The topological polar surface area (TPSA) is 40.5 Å². The van der Waals surface area contributed by atoms with Crippen molar-refractivity contribution in [2.75, 3.05) is 0 Å². The Bertz CT molecular complexity index is 311. The van der Waals surface area contributed by atoms with Crippen LogP contribution in [0.25, 0.3) is 0 Å². The number of benzene rings is 1. The Hall–Kier alpha value is -1.04. The lowest BCUT2D eigenvalue weighted by atomic mass is 10.3. The van der Waals surface area contributed by atoms with Crippen LogP contribution in [0.3, 0.4) is 0 Å². The SMILES string of the molecule is Oc1ccc(SC(F)(F)F)cc1O. The summed E-state index contributed by atoms with van der Waals surface area (Å²) >= 11 is -0.348. The first-order valence-electron chi connectivity index (χ1n) is 3.16. The second-order valence-electron chi connectivity index (χ2n) is 2.20. The van der Waals surface area contributed by atoms with Crippen LogP contribution in [-0.4, -0.2) is 15.7 Å². The van der Waals surface area contributed by atoms with Crippen LogP contribution >= 0.6 is 11.8 Å². The van der Waals surface area contributed by atoms with Gasteiger partial charge >= 0.3 is 5.51 Å². The smallest absolute Gasteiger partial charge is 0.446 e. The lowest BCUT2D eigenvalue weighted by Gasteiger charge is -2.05. The lowest BCUT2D eigenvalue weighted by Crippen LogP contribution is -1.98. The van der Waals surface area contributed by atoms with E-state index in [2.05, 4.69) is 0 Å². The van der Waals surface area contributed by atoms with E-state index in [4.69, 9.17) is 10.2 Å². The first-order chi connectivity index (χ1) is 5.88. The molecule has 0 unspecified atom stereocenters. The first-order valence-corrected chi connectivity index (χ1v) is 3.98. The molecule has 6 heteroatoms. The predicted molar refractivity (Wildman–Crippen MR) is 41.7 cm³/mol. The van der Waals surface area contributed by atoms with Crippen LogP contribution in [-0.2, 0) is 0 Å². The summed E-state index contributed by atoms with van der Waals surface area (Å²) in [5.74, 6) is -0.999. The standard InChI is InChI=1S/C7H5F3O2S/c8-7(9,10)13-4-1-2-5(11)6(12)3-4/h1-3,11-12H. The number of alkyl halides is 3. The molecule has 13 heavy (non-hydrogen) atoms. The Balaban J connectivity index is 2.86. The maximum Gasteiger partial charge on any atom is 0.446 e. The summed E-state index contributed by atoms with van der Waals surface area (Å²) in [5.41, 5.74) is -4.39. The molecule has 0 aromatic heterocycles. The van der Waals surface area contributed by atoms with Gasteiger partial charge in [-0.3, -0.25) is 0 Å². The van der Waals surface area contributed by atoms with Gasteiger partial charge in [0.15, 0.2) is 11.5 Å². The van der Waals surface area contributed by atoms with E-state index in [9.17, 15) is 13.2 Å². The minimum absolute atomic E-state index is 0.164. The number of phenols is 2. The Morgan fingerprint density at radius 3 is 2.15 bits per heavy atom. The summed E-state index contributed by atoms with van der Waals surface area (Å²) in [4.78, 5) is -0.164. The van der Waals surface area contributed by atoms with E-state index in [0.717, 1.165) is 18.2 Å². The van der Waals surface area contributed by atoms with E-state index < -0.39 is 17.0 Å². The van der Waals surface area contributed by atoms with Gasteiger partial charge in [0.05, 0.1) is 0 Å². The summed E-state index contributed by atoms with van der Waals surface area (Å²) < 4.78 is 35.4. The van der Waals surface area contributed by atoms with Crippen LogP contribution in [0.5, 0.6) is 11.5 Å². The van der Waals surface area contributed by atoms with Crippen LogP contribution in [0.1, 0.15) is 0 Å². The van der Waals surface area contributed by atoms with E-state index in [0.29, 0.717) is 0 Å². The third-order valence-electron chi connectivity index (χ3n) is 1.18. The number of aromatic hydroxyl groups is 2. The van der Waals surface area contributed by atoms with Crippen molar-refractivity contribution in [3.05, 3.63) is 18.2 Å². The lowest BCUT2D eigenvalue weighted by molar-refractivity contribution is -0.0328. The molecule has 0 aliphatic carbocycles. The number of halogens is 3. The molecule has 2 N–H and O–H groups in total. The highest BCUT2D eigenvalue weighted by Gasteiger charge is 2.29. The van der Waals surface area contributed by atoms with E-state index in [1.165, 1.54) is 0 Å². The third kappa shape index (κ3) is 3.06. The largest absolute Gasteiger partial charge is 0.504 e. The molecular weight excluding hydrogens is 205 g/mol. The highest BCUT2D eigenvalue weighted by atomic mass is 32.2. The van der Waals surface area contributed by atoms with E-state index in [-0.39, 0.29) is 16.7 Å². The monoisotopic (exact) mass is 210 g/mol. The van der Waals surface area contributed by atoms with Gasteiger partial charge in [-0.2, -0.15) is 13.2 Å². The minimum atomic E-state index is -4.39. The maximum atomic E-state index is 11.8. The zero-order chi connectivity index (χ0) is 10.1. The zero-order valence-corrected chi connectivity index (χ0v) is 6.99. The second kappa shape index (κ2) is 3.37. The number of rotatable bonds is 1. The Morgan fingerprint density at radius 2 is 1.69 bits per heavy atom. The van der Waals surface area contributed by atoms with Crippen LogP contribution in [0.15, 0.2) is 23.1 Å². The van der Waals surface area contributed by atoms with Gasteiger partial charge in [0, 0.05) is 4.90 Å². The molecule has 1 rings (SSSR count). The van der Waals surface area contributed by atoms with Gasteiger partial charge in [-0.1, -0.05) is 0 Å². The molecule has 0 atom stereocenters. The molecule has 72 valence electrons. The van der Waals surface area contributed by atoms with Gasteiger partial charge in [-0.15, -0.1) is 0 Å². The van der Waals surface area contributed by atoms with Crippen molar-refractivity contribution < 1.29 is 23.4 Å².